The third kappa shape index (κ3) is 2.83. The number of nitrogens with zero attached hydrogens (tertiary/aromatic N) is 2. The van der Waals surface area contributed by atoms with Crippen LogP contribution in [0.5, 0.6) is 0 Å². The monoisotopic (exact) mass is 267 g/mol. The zero-order chi connectivity index (χ0) is 14.0. The number of aliphatic hydroxyl groups excluding tert-OH is 2. The first kappa shape index (κ1) is 13.7. The topological polar surface area (TPSA) is 98.9 Å². The number of hydrogen-bond donors (Lipinski definition) is 3. The molecule has 1 aromatic carbocycles. The summed E-state index contributed by atoms with van der Waals surface area (Å²) >= 11 is 0. The Labute approximate surface area is 110 Å². The molecule has 0 bridgehead atoms. The number of aliphatic hydroxyl groups is 2. The van der Waals surface area contributed by atoms with Crippen molar-refractivity contribution in [2.45, 2.75) is 18.8 Å². The van der Waals surface area contributed by atoms with Crippen molar-refractivity contribution < 1.29 is 15.1 Å². The van der Waals surface area contributed by atoms with Crippen molar-refractivity contribution in [3.05, 3.63) is 33.9 Å². The fourth-order valence-electron chi connectivity index (χ4n) is 2.38. The van der Waals surface area contributed by atoms with Gasteiger partial charge in [0.05, 0.1) is 17.1 Å². The van der Waals surface area contributed by atoms with Crippen LogP contribution in [-0.2, 0) is 6.54 Å². The van der Waals surface area contributed by atoms with Gasteiger partial charge in [-0.15, -0.1) is 0 Å². The molecule has 1 aliphatic heterocycles. The molecule has 3 N–H and O–H groups in total. The predicted molar refractivity (Wildman–Crippen MR) is 69.9 cm³/mol. The molecule has 0 aliphatic carbocycles. The van der Waals surface area contributed by atoms with Gasteiger partial charge < -0.3 is 15.5 Å². The summed E-state index contributed by atoms with van der Waals surface area (Å²) < 4.78 is 0. The van der Waals surface area contributed by atoms with Crippen LogP contribution in [0.15, 0.2) is 18.2 Å². The van der Waals surface area contributed by atoms with Gasteiger partial charge in [0.15, 0.2) is 0 Å². The van der Waals surface area contributed by atoms with E-state index in [0.29, 0.717) is 25.3 Å². The average molecular weight is 267 g/mol. The van der Waals surface area contributed by atoms with Crippen molar-refractivity contribution in [2.75, 3.05) is 25.5 Å². The highest BCUT2D eigenvalue weighted by atomic mass is 16.6. The molecule has 2 atom stereocenters. The van der Waals surface area contributed by atoms with Crippen molar-refractivity contribution in [1.82, 2.24) is 4.90 Å². The Balaban J connectivity index is 2.21. The highest BCUT2D eigenvalue weighted by molar-refractivity contribution is 5.66. The summed E-state index contributed by atoms with van der Waals surface area (Å²) in [5.41, 5.74) is 1.28. The molecule has 7 nitrogen and oxygen atoms in total. The minimum absolute atomic E-state index is 0.0280. The zero-order valence-electron chi connectivity index (χ0n) is 10.6. The fraction of sp³-hybridized carbons (Fsp3) is 0.500. The number of hydrogen-bond acceptors (Lipinski definition) is 6. The van der Waals surface area contributed by atoms with Crippen molar-refractivity contribution >= 4 is 11.4 Å². The maximum absolute atomic E-state index is 10.9. The molecule has 2 unspecified atom stereocenters. The van der Waals surface area contributed by atoms with Crippen LogP contribution in [0, 0.1) is 10.1 Å². The number of anilines is 1. The summed E-state index contributed by atoms with van der Waals surface area (Å²) in [4.78, 5) is 12.4. The zero-order valence-corrected chi connectivity index (χ0v) is 10.6. The number of nitro groups is 1. The Morgan fingerprint density at radius 3 is 2.58 bits per heavy atom. The van der Waals surface area contributed by atoms with Crippen molar-refractivity contribution in [2.24, 2.45) is 0 Å². The van der Waals surface area contributed by atoms with E-state index in [-0.39, 0.29) is 5.69 Å². The molecule has 7 heteroatoms. The number of nitro benzene ring substituents is 1. The molecule has 0 radical (unpaired) electrons. The summed E-state index contributed by atoms with van der Waals surface area (Å²) in [5.74, 6) is 0. The molecule has 1 aliphatic rings. The molecular weight excluding hydrogens is 250 g/mol. The van der Waals surface area contributed by atoms with Crippen LogP contribution in [0.3, 0.4) is 0 Å². The number of nitrogens with one attached hydrogen (secondary N) is 1. The largest absolute Gasteiger partial charge is 0.389 e. The van der Waals surface area contributed by atoms with E-state index >= 15 is 0 Å². The Hall–Kier alpha value is -1.70. The van der Waals surface area contributed by atoms with Gasteiger partial charge in [0.1, 0.15) is 5.69 Å². The fourth-order valence-corrected chi connectivity index (χ4v) is 2.38. The summed E-state index contributed by atoms with van der Waals surface area (Å²) in [7, 11) is 1.64. The third-order valence-electron chi connectivity index (χ3n) is 3.30. The van der Waals surface area contributed by atoms with Gasteiger partial charge in [0.2, 0.25) is 0 Å². The summed E-state index contributed by atoms with van der Waals surface area (Å²) in [5, 5.41) is 32.8. The molecule has 0 saturated carbocycles. The summed E-state index contributed by atoms with van der Waals surface area (Å²) in [6, 6.07) is 4.89. The Morgan fingerprint density at radius 2 is 2.05 bits per heavy atom. The summed E-state index contributed by atoms with van der Waals surface area (Å²) in [6.07, 6.45) is -1.51. The highest BCUT2D eigenvalue weighted by Crippen LogP contribution is 2.29. The minimum Gasteiger partial charge on any atom is -0.389 e. The van der Waals surface area contributed by atoms with Gasteiger partial charge in [-0.05, 0) is 5.56 Å². The van der Waals surface area contributed by atoms with E-state index in [0.717, 1.165) is 5.56 Å². The maximum atomic E-state index is 10.9. The van der Waals surface area contributed by atoms with E-state index in [1.54, 1.807) is 19.2 Å². The van der Waals surface area contributed by atoms with E-state index in [1.165, 1.54) is 6.07 Å². The number of benzene rings is 1. The lowest BCUT2D eigenvalue weighted by molar-refractivity contribution is -0.384. The lowest BCUT2D eigenvalue weighted by Crippen LogP contribution is -2.22. The molecule has 0 amide bonds. The normalized spacial score (nSPS) is 23.5. The van der Waals surface area contributed by atoms with Crippen LogP contribution in [0.2, 0.25) is 0 Å². The van der Waals surface area contributed by atoms with E-state index in [4.69, 9.17) is 0 Å². The first-order chi connectivity index (χ1) is 9.02. The van der Waals surface area contributed by atoms with E-state index in [2.05, 4.69) is 5.32 Å². The molecule has 1 heterocycles. The van der Waals surface area contributed by atoms with Crippen molar-refractivity contribution in [3.63, 3.8) is 0 Å². The van der Waals surface area contributed by atoms with Gasteiger partial charge in [-0.25, -0.2) is 0 Å². The quantitative estimate of drug-likeness (QED) is 0.531. The van der Waals surface area contributed by atoms with Crippen molar-refractivity contribution in [3.8, 4) is 0 Å². The van der Waals surface area contributed by atoms with Gasteiger partial charge in [0, 0.05) is 32.7 Å². The lowest BCUT2D eigenvalue weighted by atomic mass is 10.1. The lowest BCUT2D eigenvalue weighted by Gasteiger charge is -2.17. The van der Waals surface area contributed by atoms with Crippen LogP contribution >= 0.6 is 0 Å². The molecule has 0 aromatic heterocycles. The molecule has 104 valence electrons. The SMILES string of the molecule is CNc1c(CN2CC(O)C(O)C2)cccc1[N+](=O)[O-]. The van der Waals surface area contributed by atoms with Crippen LogP contribution in [0.4, 0.5) is 11.4 Å². The van der Waals surface area contributed by atoms with Gasteiger partial charge >= 0.3 is 0 Å². The Bertz CT molecular complexity index is 470. The molecule has 0 spiro atoms. The third-order valence-corrected chi connectivity index (χ3v) is 3.30. The molecule has 1 aromatic rings. The Kier molecular flexibility index (Phi) is 3.98. The van der Waals surface area contributed by atoms with Gasteiger partial charge in [0.25, 0.3) is 5.69 Å². The van der Waals surface area contributed by atoms with E-state index < -0.39 is 17.1 Å². The highest BCUT2D eigenvalue weighted by Gasteiger charge is 2.30. The van der Waals surface area contributed by atoms with Gasteiger partial charge in [-0.3, -0.25) is 15.0 Å². The van der Waals surface area contributed by atoms with Gasteiger partial charge in [-0.2, -0.15) is 0 Å². The van der Waals surface area contributed by atoms with E-state index in [1.807, 2.05) is 4.90 Å². The van der Waals surface area contributed by atoms with Crippen LogP contribution in [0.1, 0.15) is 5.56 Å². The van der Waals surface area contributed by atoms with Crippen molar-refractivity contribution in [1.29, 1.82) is 0 Å². The standard InChI is InChI=1S/C12H17N3O4/c1-13-12-8(3-2-4-9(12)15(18)19)5-14-6-10(16)11(17)7-14/h2-4,10-11,13,16-17H,5-7H2,1H3. The molecule has 1 saturated heterocycles. The second-order valence-electron chi connectivity index (χ2n) is 4.65. The molecule has 1 fully saturated rings. The van der Waals surface area contributed by atoms with Gasteiger partial charge in [-0.1, -0.05) is 12.1 Å². The van der Waals surface area contributed by atoms with Crippen LogP contribution < -0.4 is 5.32 Å². The smallest absolute Gasteiger partial charge is 0.292 e. The second kappa shape index (κ2) is 5.52. The maximum Gasteiger partial charge on any atom is 0.292 e. The van der Waals surface area contributed by atoms with E-state index in [9.17, 15) is 20.3 Å². The second-order valence-corrected chi connectivity index (χ2v) is 4.65. The predicted octanol–water partition coefficient (Wildman–Crippen LogP) is 0.174. The van der Waals surface area contributed by atoms with Crippen LogP contribution in [0.25, 0.3) is 0 Å². The number of rotatable bonds is 4. The number of β-amino-alcohol motifs (C(OH)–C–C–N with tert-alkyl or cyclic N) is 2. The first-order valence-corrected chi connectivity index (χ1v) is 6.05. The Morgan fingerprint density at radius 1 is 1.42 bits per heavy atom. The minimum atomic E-state index is -0.753. The van der Waals surface area contributed by atoms with Crippen LogP contribution in [-0.4, -0.2) is 52.4 Å². The summed E-state index contributed by atoms with van der Waals surface area (Å²) in [6.45, 7) is 1.19. The first-order valence-electron chi connectivity index (χ1n) is 6.05. The molecule has 2 rings (SSSR count). The molecular formula is C12H17N3O4. The number of likely N-dealkylation sites (tertiary alicyclic amines) is 1. The number of para-hydroxylation sites is 1. The molecule has 19 heavy (non-hydrogen) atoms. The average Bonchev–Trinajstić information content (AvgIpc) is 2.67.